The first kappa shape index (κ1) is 21.5. The molecule has 0 saturated carbocycles. The minimum absolute atomic E-state index is 0.0230. The zero-order chi connectivity index (χ0) is 22.7. The molecule has 1 heterocycles. The van der Waals surface area contributed by atoms with Gasteiger partial charge >= 0.3 is 0 Å². The molecule has 0 radical (unpaired) electrons. The molecule has 32 heavy (non-hydrogen) atoms. The summed E-state index contributed by atoms with van der Waals surface area (Å²) in [6.45, 7) is 1.92. The van der Waals surface area contributed by atoms with Crippen LogP contribution in [0.4, 0.5) is 0 Å². The molecular formula is C23H20N2O6S. The largest absolute Gasteiger partial charge is 0.454 e. The van der Waals surface area contributed by atoms with Gasteiger partial charge in [-0.15, -0.1) is 0 Å². The number of ether oxygens (including phenoxy) is 2. The lowest BCUT2D eigenvalue weighted by atomic mass is 10.0. The number of hydrogen-bond acceptors (Lipinski definition) is 6. The Bertz CT molecular complexity index is 1270. The highest BCUT2D eigenvalue weighted by atomic mass is 32.2. The van der Waals surface area contributed by atoms with E-state index >= 15 is 0 Å². The van der Waals surface area contributed by atoms with E-state index in [-0.39, 0.29) is 17.4 Å². The second kappa shape index (κ2) is 8.81. The van der Waals surface area contributed by atoms with Gasteiger partial charge in [-0.1, -0.05) is 54.1 Å². The molecule has 0 fully saturated rings. The molecule has 1 unspecified atom stereocenters. The van der Waals surface area contributed by atoms with Gasteiger partial charge in [0.05, 0.1) is 9.82 Å². The van der Waals surface area contributed by atoms with Crippen LogP contribution in [0.25, 0.3) is 6.08 Å². The van der Waals surface area contributed by atoms with Gasteiger partial charge < -0.3 is 9.47 Å². The normalized spacial score (nSPS) is 14.2. The topological polar surface area (TPSA) is 108 Å². The quantitative estimate of drug-likeness (QED) is 0.428. The predicted molar refractivity (Wildman–Crippen MR) is 118 cm³/mol. The average Bonchev–Trinajstić information content (AvgIpc) is 3.25. The summed E-state index contributed by atoms with van der Waals surface area (Å²) < 4.78 is 39.2. The van der Waals surface area contributed by atoms with E-state index < -0.39 is 21.0 Å². The smallest absolute Gasteiger partial charge is 0.269 e. The van der Waals surface area contributed by atoms with Crippen LogP contribution in [-0.4, -0.2) is 20.1 Å². The summed E-state index contributed by atoms with van der Waals surface area (Å²) in [5.74, 6) is 1.02. The molecule has 164 valence electrons. The number of aryl methyl sites for hydroxylation is 1. The Morgan fingerprint density at radius 2 is 1.72 bits per heavy atom. The number of nitro groups is 1. The van der Waals surface area contributed by atoms with Crippen LogP contribution in [0, 0.1) is 17.0 Å². The molecular weight excluding hydrogens is 432 g/mol. The van der Waals surface area contributed by atoms with Crippen molar-refractivity contribution in [2.24, 2.45) is 0 Å². The van der Waals surface area contributed by atoms with Crippen LogP contribution in [0.2, 0.25) is 0 Å². The fraction of sp³-hybridized carbons (Fsp3) is 0.130. The minimum Gasteiger partial charge on any atom is -0.454 e. The van der Waals surface area contributed by atoms with Gasteiger partial charge in [-0.25, -0.2) is 8.42 Å². The Morgan fingerprint density at radius 3 is 2.41 bits per heavy atom. The average molecular weight is 452 g/mol. The maximum Gasteiger partial charge on any atom is 0.269 e. The first-order valence-electron chi connectivity index (χ1n) is 9.73. The number of benzene rings is 3. The Hall–Kier alpha value is -3.69. The zero-order valence-electron chi connectivity index (χ0n) is 17.1. The van der Waals surface area contributed by atoms with Gasteiger partial charge in [-0.2, -0.15) is 4.72 Å². The van der Waals surface area contributed by atoms with E-state index in [2.05, 4.69) is 4.72 Å². The van der Waals surface area contributed by atoms with Crippen LogP contribution in [0.15, 0.2) is 83.4 Å². The predicted octanol–water partition coefficient (Wildman–Crippen LogP) is 4.06. The van der Waals surface area contributed by atoms with Gasteiger partial charge in [0, 0.05) is 6.08 Å². The van der Waals surface area contributed by atoms with Crippen LogP contribution < -0.4 is 14.2 Å². The number of fused-ring (bicyclic) bond motifs is 1. The number of rotatable bonds is 7. The standard InChI is InChI=1S/C23H20N2O6S/c1-16-7-10-19(11-8-16)32(28,29)24-23(18-5-3-2-4-6-18)20(25(26)27)13-17-9-12-21-22(14-17)31-15-30-21/h2-14,23-24H,15H2,1H3/b20-13+. The molecule has 0 bridgehead atoms. The Balaban J connectivity index is 1.77. The van der Waals surface area contributed by atoms with Gasteiger partial charge in [0.1, 0.15) is 6.04 Å². The third kappa shape index (κ3) is 4.63. The Labute approximate surface area is 185 Å². The number of hydrogen-bond donors (Lipinski definition) is 1. The van der Waals surface area contributed by atoms with Crippen LogP contribution in [-0.2, 0) is 10.0 Å². The molecule has 1 N–H and O–H groups in total. The fourth-order valence-corrected chi connectivity index (χ4v) is 4.50. The van der Waals surface area contributed by atoms with Crippen molar-refractivity contribution in [3.8, 4) is 11.5 Å². The van der Waals surface area contributed by atoms with Gasteiger partial charge in [0.2, 0.25) is 16.8 Å². The van der Waals surface area contributed by atoms with E-state index in [1.54, 1.807) is 60.7 Å². The summed E-state index contributed by atoms with van der Waals surface area (Å²) in [6, 6.07) is 18.4. The molecule has 3 aromatic rings. The molecule has 1 aliphatic heterocycles. The van der Waals surface area contributed by atoms with E-state index in [1.165, 1.54) is 18.2 Å². The molecule has 0 aromatic heterocycles. The van der Waals surface area contributed by atoms with Crippen LogP contribution >= 0.6 is 0 Å². The van der Waals surface area contributed by atoms with E-state index in [0.717, 1.165) is 5.56 Å². The Kier molecular flexibility index (Phi) is 5.93. The highest BCUT2D eigenvalue weighted by Gasteiger charge is 2.32. The van der Waals surface area contributed by atoms with Crippen molar-refractivity contribution < 1.29 is 22.8 Å². The van der Waals surface area contributed by atoms with E-state index in [0.29, 0.717) is 22.6 Å². The maximum absolute atomic E-state index is 13.1. The summed E-state index contributed by atoms with van der Waals surface area (Å²) >= 11 is 0. The van der Waals surface area contributed by atoms with Crippen molar-refractivity contribution in [2.45, 2.75) is 17.9 Å². The molecule has 0 aliphatic carbocycles. The summed E-state index contributed by atoms with van der Waals surface area (Å²) in [6.07, 6.45) is 1.33. The molecule has 1 aliphatic rings. The summed E-state index contributed by atoms with van der Waals surface area (Å²) in [5.41, 5.74) is 1.49. The molecule has 0 amide bonds. The lowest BCUT2D eigenvalue weighted by Crippen LogP contribution is -2.32. The lowest BCUT2D eigenvalue weighted by molar-refractivity contribution is -0.429. The monoisotopic (exact) mass is 452 g/mol. The zero-order valence-corrected chi connectivity index (χ0v) is 17.9. The van der Waals surface area contributed by atoms with Crippen molar-refractivity contribution in [1.29, 1.82) is 0 Å². The van der Waals surface area contributed by atoms with Crippen molar-refractivity contribution >= 4 is 16.1 Å². The third-order valence-corrected chi connectivity index (χ3v) is 6.39. The van der Waals surface area contributed by atoms with Gasteiger partial charge in [0.25, 0.3) is 5.70 Å². The summed E-state index contributed by atoms with van der Waals surface area (Å²) in [4.78, 5) is 11.5. The Morgan fingerprint density at radius 1 is 1.03 bits per heavy atom. The lowest BCUT2D eigenvalue weighted by Gasteiger charge is -2.17. The van der Waals surface area contributed by atoms with Crippen molar-refractivity contribution in [1.82, 2.24) is 4.72 Å². The van der Waals surface area contributed by atoms with Gasteiger partial charge in [-0.05, 0) is 42.3 Å². The van der Waals surface area contributed by atoms with E-state index in [1.807, 2.05) is 6.92 Å². The van der Waals surface area contributed by atoms with Crippen LogP contribution in [0.3, 0.4) is 0 Å². The minimum atomic E-state index is -4.04. The van der Waals surface area contributed by atoms with E-state index in [9.17, 15) is 18.5 Å². The van der Waals surface area contributed by atoms with Crippen LogP contribution in [0.5, 0.6) is 11.5 Å². The fourth-order valence-electron chi connectivity index (χ4n) is 3.30. The van der Waals surface area contributed by atoms with Gasteiger partial charge in [-0.3, -0.25) is 10.1 Å². The molecule has 1 atom stereocenters. The molecule has 0 saturated heterocycles. The first-order chi connectivity index (χ1) is 15.3. The molecule has 8 nitrogen and oxygen atoms in total. The molecule has 9 heteroatoms. The van der Waals surface area contributed by atoms with Gasteiger partial charge in [0.15, 0.2) is 11.5 Å². The molecule has 4 rings (SSSR count). The number of nitrogens with one attached hydrogen (secondary N) is 1. The third-order valence-electron chi connectivity index (χ3n) is 4.95. The SMILES string of the molecule is Cc1ccc(S(=O)(=O)NC(/C(=C\c2ccc3c(c2)OCO3)[N+](=O)[O-])c2ccccc2)cc1. The highest BCUT2D eigenvalue weighted by molar-refractivity contribution is 7.89. The van der Waals surface area contributed by atoms with Crippen molar-refractivity contribution in [3.63, 3.8) is 0 Å². The molecule has 0 spiro atoms. The van der Waals surface area contributed by atoms with Crippen molar-refractivity contribution in [3.05, 3.63) is 105 Å². The van der Waals surface area contributed by atoms with Crippen LogP contribution in [0.1, 0.15) is 22.7 Å². The number of nitrogens with zero attached hydrogens (tertiary/aromatic N) is 1. The molecule has 3 aromatic carbocycles. The first-order valence-corrected chi connectivity index (χ1v) is 11.2. The maximum atomic E-state index is 13.1. The van der Waals surface area contributed by atoms with E-state index in [4.69, 9.17) is 9.47 Å². The second-order valence-corrected chi connectivity index (χ2v) is 8.93. The summed E-state index contributed by atoms with van der Waals surface area (Å²) in [5, 5.41) is 12.1. The second-order valence-electron chi connectivity index (χ2n) is 7.22. The van der Waals surface area contributed by atoms with Crippen molar-refractivity contribution in [2.75, 3.05) is 6.79 Å². The summed E-state index contributed by atoms with van der Waals surface area (Å²) in [7, 11) is -4.04. The highest BCUT2D eigenvalue weighted by Crippen LogP contribution is 2.34. The number of sulfonamides is 1.